The van der Waals surface area contributed by atoms with Crippen LogP contribution in [0.5, 0.6) is 5.75 Å². The Labute approximate surface area is 204 Å². The third-order valence-corrected chi connectivity index (χ3v) is 8.83. The molecule has 6 nitrogen and oxygen atoms in total. The average molecular weight is 571 g/mol. The van der Waals surface area contributed by atoms with E-state index in [0.29, 0.717) is 17.2 Å². The molecule has 0 spiro atoms. The largest absolute Gasteiger partial charge is 0.478 e. The van der Waals surface area contributed by atoms with Gasteiger partial charge in [-0.1, -0.05) is 44.9 Å². The van der Waals surface area contributed by atoms with Crippen LogP contribution in [0.4, 0.5) is 11.4 Å². The first-order chi connectivity index (χ1) is 15.2. The van der Waals surface area contributed by atoms with Crippen molar-refractivity contribution in [2.45, 2.75) is 44.4 Å². The molecule has 1 heterocycles. The Hall–Kier alpha value is -1.75. The van der Waals surface area contributed by atoms with Crippen molar-refractivity contribution in [1.29, 1.82) is 0 Å². The molecule has 8 heteroatoms. The van der Waals surface area contributed by atoms with Gasteiger partial charge in [-0.3, -0.25) is 9.11 Å². The molecule has 1 aliphatic rings. The third kappa shape index (κ3) is 5.59. The van der Waals surface area contributed by atoms with E-state index in [9.17, 15) is 13.9 Å². The molecule has 1 atom stereocenters. The summed E-state index contributed by atoms with van der Waals surface area (Å²) in [6.07, 6.45) is 5.82. The Morgan fingerprint density at radius 2 is 1.97 bits per heavy atom. The standard InChI is InChI=1S/C24H30INO5S/c1-3-5-12-24(4-2)16-26(18-9-7-6-8-10-18)20-14-19(25)21(31-13-11-23(27)28)15-22(20)32(29,30)17-24/h6-11,13-15,29-30H,3-5,12,16-17H2,1-2H3,(H,27,28). The summed E-state index contributed by atoms with van der Waals surface area (Å²) in [5.74, 6) is -0.428. The van der Waals surface area contributed by atoms with Crippen LogP contribution in [0, 0.1) is 8.99 Å². The highest BCUT2D eigenvalue weighted by Crippen LogP contribution is 2.61. The normalized spacial score (nSPS) is 21.1. The molecule has 32 heavy (non-hydrogen) atoms. The van der Waals surface area contributed by atoms with Gasteiger partial charge in [-0.25, -0.2) is 4.79 Å². The van der Waals surface area contributed by atoms with Gasteiger partial charge >= 0.3 is 5.97 Å². The number of hydrogen-bond acceptors (Lipinski definition) is 5. The van der Waals surface area contributed by atoms with Crippen molar-refractivity contribution < 1.29 is 23.7 Å². The molecule has 0 amide bonds. The number of benzene rings is 2. The summed E-state index contributed by atoms with van der Waals surface area (Å²) in [7, 11) is -3.12. The number of rotatable bonds is 8. The summed E-state index contributed by atoms with van der Waals surface area (Å²) in [5, 5.41) is 8.84. The Bertz CT molecular complexity index is 982. The minimum absolute atomic E-state index is 0.251. The molecular formula is C24H30INO5S. The summed E-state index contributed by atoms with van der Waals surface area (Å²) in [5.41, 5.74) is 1.50. The number of carboxylic acids is 1. The lowest BCUT2D eigenvalue weighted by Gasteiger charge is -2.41. The molecule has 0 aliphatic carbocycles. The van der Waals surface area contributed by atoms with Crippen LogP contribution in [0.3, 0.4) is 0 Å². The smallest absolute Gasteiger partial charge is 0.331 e. The van der Waals surface area contributed by atoms with E-state index in [4.69, 9.17) is 9.84 Å². The minimum atomic E-state index is -3.12. The van der Waals surface area contributed by atoms with Crippen LogP contribution in [0.25, 0.3) is 0 Å². The number of anilines is 2. The van der Waals surface area contributed by atoms with Gasteiger partial charge < -0.3 is 14.7 Å². The molecule has 0 radical (unpaired) electrons. The Kier molecular flexibility index (Phi) is 8.13. The summed E-state index contributed by atoms with van der Waals surface area (Å²) in [6, 6.07) is 13.6. The number of carboxylic acid groups (broad SMARTS) is 1. The van der Waals surface area contributed by atoms with Gasteiger partial charge in [-0.2, -0.15) is 10.6 Å². The maximum absolute atomic E-state index is 11.4. The van der Waals surface area contributed by atoms with Crippen molar-refractivity contribution in [2.75, 3.05) is 17.2 Å². The molecule has 3 N–H and O–H groups in total. The second kappa shape index (κ2) is 10.5. The Balaban J connectivity index is 2.16. The number of fused-ring (bicyclic) bond motifs is 1. The molecule has 3 rings (SSSR count). The van der Waals surface area contributed by atoms with Crippen LogP contribution >= 0.6 is 33.2 Å². The monoisotopic (exact) mass is 571 g/mol. The topological polar surface area (TPSA) is 90.2 Å². The first kappa shape index (κ1) is 24.9. The van der Waals surface area contributed by atoms with Gasteiger partial charge in [-0.15, -0.1) is 0 Å². The Morgan fingerprint density at radius 1 is 1.25 bits per heavy atom. The number of para-hydroxylation sites is 1. The first-order valence-corrected chi connectivity index (χ1v) is 13.5. The van der Waals surface area contributed by atoms with Gasteiger partial charge in [0.25, 0.3) is 0 Å². The first-order valence-electron chi connectivity index (χ1n) is 10.7. The van der Waals surface area contributed by atoms with Crippen LogP contribution in [-0.2, 0) is 4.79 Å². The highest BCUT2D eigenvalue weighted by molar-refractivity contribution is 14.1. The highest BCUT2D eigenvalue weighted by Gasteiger charge is 2.41. The van der Waals surface area contributed by atoms with Gasteiger partial charge in [0, 0.05) is 29.5 Å². The lowest BCUT2D eigenvalue weighted by atomic mass is 9.81. The van der Waals surface area contributed by atoms with Crippen molar-refractivity contribution in [3.63, 3.8) is 0 Å². The zero-order chi connectivity index (χ0) is 23.4. The van der Waals surface area contributed by atoms with E-state index in [2.05, 4.69) is 41.3 Å². The number of aliphatic carboxylic acids is 1. The summed E-state index contributed by atoms with van der Waals surface area (Å²) >= 11 is 2.13. The third-order valence-electron chi connectivity index (χ3n) is 5.94. The van der Waals surface area contributed by atoms with Crippen LogP contribution < -0.4 is 9.64 Å². The quantitative estimate of drug-likeness (QED) is 0.178. The number of nitrogens with zero attached hydrogens (tertiary/aromatic N) is 1. The van der Waals surface area contributed by atoms with Gasteiger partial charge in [-0.05, 0) is 53.6 Å². The van der Waals surface area contributed by atoms with E-state index < -0.39 is 16.6 Å². The fraction of sp³-hybridized carbons (Fsp3) is 0.375. The van der Waals surface area contributed by atoms with E-state index in [1.807, 2.05) is 36.4 Å². The van der Waals surface area contributed by atoms with Crippen molar-refractivity contribution in [2.24, 2.45) is 5.41 Å². The number of halogens is 1. The zero-order valence-corrected chi connectivity index (χ0v) is 21.3. The second-order valence-electron chi connectivity index (χ2n) is 8.20. The summed E-state index contributed by atoms with van der Waals surface area (Å²) in [4.78, 5) is 13.4. The van der Waals surface area contributed by atoms with Crippen LogP contribution in [0.1, 0.15) is 39.5 Å². The van der Waals surface area contributed by atoms with Crippen LogP contribution in [0.15, 0.2) is 59.7 Å². The fourth-order valence-electron chi connectivity index (χ4n) is 4.16. The maximum atomic E-state index is 11.4. The van der Waals surface area contributed by atoms with E-state index in [-0.39, 0.29) is 11.2 Å². The predicted molar refractivity (Wildman–Crippen MR) is 138 cm³/mol. The molecule has 1 aliphatic heterocycles. The zero-order valence-electron chi connectivity index (χ0n) is 18.3. The second-order valence-corrected chi connectivity index (χ2v) is 11.4. The highest BCUT2D eigenvalue weighted by atomic mass is 127. The molecular weight excluding hydrogens is 541 g/mol. The van der Waals surface area contributed by atoms with Crippen molar-refractivity contribution in [3.8, 4) is 5.75 Å². The van der Waals surface area contributed by atoms with Crippen molar-refractivity contribution in [3.05, 3.63) is 58.4 Å². The number of hydrogen-bond donors (Lipinski definition) is 3. The van der Waals surface area contributed by atoms with E-state index in [0.717, 1.165) is 53.0 Å². The number of unbranched alkanes of at least 4 members (excludes halogenated alkanes) is 1. The Morgan fingerprint density at radius 3 is 2.59 bits per heavy atom. The van der Waals surface area contributed by atoms with Crippen molar-refractivity contribution >= 4 is 50.5 Å². The summed E-state index contributed by atoms with van der Waals surface area (Å²) < 4.78 is 29.1. The molecule has 0 fully saturated rings. The van der Waals surface area contributed by atoms with Crippen LogP contribution in [-0.4, -0.2) is 32.5 Å². The molecule has 0 bridgehead atoms. The molecule has 174 valence electrons. The lowest BCUT2D eigenvalue weighted by Crippen LogP contribution is -2.37. The van der Waals surface area contributed by atoms with Gasteiger partial charge in [0.15, 0.2) is 0 Å². The van der Waals surface area contributed by atoms with Gasteiger partial charge in [0.2, 0.25) is 0 Å². The SMILES string of the molecule is CCCCC1(CC)CN(c2ccccc2)c2cc(I)c(OC=CC(=O)O)cc2S(O)(O)C1. The van der Waals surface area contributed by atoms with Gasteiger partial charge in [0.1, 0.15) is 5.75 Å². The predicted octanol–water partition coefficient (Wildman–Crippen LogP) is 7.12. The molecule has 0 saturated heterocycles. The number of ether oxygens (including phenoxy) is 1. The molecule has 0 aromatic heterocycles. The van der Waals surface area contributed by atoms with E-state index >= 15 is 0 Å². The summed E-state index contributed by atoms with van der Waals surface area (Å²) in [6.45, 7) is 4.96. The maximum Gasteiger partial charge on any atom is 0.331 e. The van der Waals surface area contributed by atoms with E-state index in [1.165, 1.54) is 0 Å². The molecule has 1 unspecified atom stereocenters. The minimum Gasteiger partial charge on any atom is -0.478 e. The van der Waals surface area contributed by atoms with E-state index in [1.54, 1.807) is 6.07 Å². The van der Waals surface area contributed by atoms with Crippen molar-refractivity contribution in [1.82, 2.24) is 0 Å². The number of carbonyl (C=O) groups is 1. The average Bonchev–Trinajstić information content (AvgIpc) is 2.85. The van der Waals surface area contributed by atoms with Crippen LogP contribution in [0.2, 0.25) is 0 Å². The van der Waals surface area contributed by atoms with Gasteiger partial charge in [0.05, 0.1) is 26.5 Å². The molecule has 0 saturated carbocycles. The molecule has 2 aromatic carbocycles. The fourth-order valence-corrected chi connectivity index (χ4v) is 6.98. The molecule has 2 aromatic rings. The lowest BCUT2D eigenvalue weighted by molar-refractivity contribution is -0.131.